The number of nitrogens with one attached hydrogen (secondary N) is 1. The molecule has 0 spiro atoms. The van der Waals surface area contributed by atoms with Crippen molar-refractivity contribution in [2.24, 2.45) is 0 Å². The maximum atomic E-state index is 5.90. The Kier molecular flexibility index (Phi) is 3.49. The molecular weight excluding hydrogens is 252 g/mol. The molecule has 1 unspecified atom stereocenters. The first-order chi connectivity index (χ1) is 9.65. The summed E-state index contributed by atoms with van der Waals surface area (Å²) in [4.78, 5) is 0. The van der Waals surface area contributed by atoms with Crippen LogP contribution in [0.25, 0.3) is 0 Å². The summed E-state index contributed by atoms with van der Waals surface area (Å²) in [6, 6.07) is 6.66. The highest BCUT2D eigenvalue weighted by Gasteiger charge is 2.21. The predicted octanol–water partition coefficient (Wildman–Crippen LogP) is 2.69. The van der Waals surface area contributed by atoms with Gasteiger partial charge in [-0.15, -0.1) is 0 Å². The van der Waals surface area contributed by atoms with Gasteiger partial charge in [-0.2, -0.15) is 0 Å². The largest absolute Gasteiger partial charge is 0.491 e. The van der Waals surface area contributed by atoms with Crippen LogP contribution in [0.5, 0.6) is 5.75 Å². The average Bonchev–Trinajstić information content (AvgIpc) is 2.76. The number of hydrogen-bond donors (Lipinski definition) is 1. The zero-order valence-electron chi connectivity index (χ0n) is 12.2. The molecule has 2 heterocycles. The fraction of sp³-hybridized carbons (Fsp3) is 0.438. The van der Waals surface area contributed by atoms with E-state index in [1.54, 1.807) is 0 Å². The number of aryl methyl sites for hydroxylation is 3. The van der Waals surface area contributed by atoms with Crippen molar-refractivity contribution in [1.29, 1.82) is 0 Å². The number of ether oxygens (including phenoxy) is 1. The topological polar surface area (TPSA) is 47.3 Å². The summed E-state index contributed by atoms with van der Waals surface area (Å²) in [6.07, 6.45) is 1.00. The molecule has 0 bridgehead atoms. The maximum absolute atomic E-state index is 5.90. The van der Waals surface area contributed by atoms with Crippen LogP contribution in [0, 0.1) is 20.8 Å². The Labute approximate surface area is 119 Å². The molecule has 0 fully saturated rings. The monoisotopic (exact) mass is 272 g/mol. The smallest absolute Gasteiger partial charge is 0.138 e. The first-order valence-electron chi connectivity index (χ1n) is 7.01. The highest BCUT2D eigenvalue weighted by atomic mass is 16.5. The third kappa shape index (κ3) is 2.43. The minimum Gasteiger partial charge on any atom is -0.491 e. The lowest BCUT2D eigenvalue weighted by Gasteiger charge is -2.27. The van der Waals surface area contributed by atoms with E-state index in [1.165, 1.54) is 11.1 Å². The molecule has 1 aromatic carbocycles. The molecule has 0 aliphatic carbocycles. The molecule has 0 amide bonds. The Bertz CT molecular complexity index is 599. The van der Waals surface area contributed by atoms with Gasteiger partial charge in [-0.3, -0.25) is 0 Å². The van der Waals surface area contributed by atoms with E-state index in [-0.39, 0.29) is 0 Å². The zero-order valence-corrected chi connectivity index (χ0v) is 12.2. The van der Waals surface area contributed by atoms with Crippen LogP contribution < -0.4 is 10.1 Å². The van der Waals surface area contributed by atoms with E-state index in [0.29, 0.717) is 12.6 Å². The van der Waals surface area contributed by atoms with E-state index < -0.39 is 0 Å². The molecule has 2 aromatic rings. The summed E-state index contributed by atoms with van der Waals surface area (Å²) in [7, 11) is 0. The average molecular weight is 272 g/mol. The minimum absolute atomic E-state index is 0.331. The van der Waals surface area contributed by atoms with Crippen molar-refractivity contribution in [2.75, 3.05) is 6.61 Å². The van der Waals surface area contributed by atoms with Crippen LogP contribution in [-0.2, 0) is 13.0 Å². The van der Waals surface area contributed by atoms with Gasteiger partial charge in [-0.25, -0.2) is 0 Å². The molecule has 0 saturated heterocycles. The summed E-state index contributed by atoms with van der Waals surface area (Å²) in [5, 5.41) is 7.52. The summed E-state index contributed by atoms with van der Waals surface area (Å²) >= 11 is 0. The second kappa shape index (κ2) is 5.29. The summed E-state index contributed by atoms with van der Waals surface area (Å²) in [6.45, 7) is 7.50. The van der Waals surface area contributed by atoms with Gasteiger partial charge in [0.2, 0.25) is 0 Å². The molecule has 1 aliphatic heterocycles. The van der Waals surface area contributed by atoms with Crippen molar-refractivity contribution in [1.82, 2.24) is 10.5 Å². The number of para-hydroxylation sites is 1. The van der Waals surface area contributed by atoms with Crippen LogP contribution in [0.2, 0.25) is 0 Å². The first kappa shape index (κ1) is 13.2. The summed E-state index contributed by atoms with van der Waals surface area (Å²) < 4.78 is 11.1. The molecule has 0 saturated carbocycles. The number of nitrogens with zero attached hydrogens (tertiary/aromatic N) is 1. The molecule has 4 heteroatoms. The quantitative estimate of drug-likeness (QED) is 0.933. The molecule has 4 nitrogen and oxygen atoms in total. The number of rotatable bonds is 3. The SMILES string of the molecule is Cc1cccc2c1OCC(NCc1c(C)noc1C)C2. The number of benzene rings is 1. The highest BCUT2D eigenvalue weighted by molar-refractivity contribution is 5.42. The van der Waals surface area contributed by atoms with Crippen molar-refractivity contribution in [3.05, 3.63) is 46.3 Å². The zero-order chi connectivity index (χ0) is 14.1. The van der Waals surface area contributed by atoms with Gasteiger partial charge < -0.3 is 14.6 Å². The van der Waals surface area contributed by atoms with Crippen LogP contribution in [0.1, 0.15) is 28.1 Å². The van der Waals surface area contributed by atoms with Gasteiger partial charge in [0.05, 0.1) is 5.69 Å². The van der Waals surface area contributed by atoms with Gasteiger partial charge in [-0.05, 0) is 38.3 Å². The molecule has 1 aliphatic rings. The van der Waals surface area contributed by atoms with Gasteiger partial charge in [0.1, 0.15) is 18.1 Å². The van der Waals surface area contributed by atoms with Gasteiger partial charge >= 0.3 is 0 Å². The fourth-order valence-corrected chi connectivity index (χ4v) is 2.72. The van der Waals surface area contributed by atoms with Crippen molar-refractivity contribution < 1.29 is 9.26 Å². The van der Waals surface area contributed by atoms with Crippen LogP contribution >= 0.6 is 0 Å². The molecule has 1 N–H and O–H groups in total. The van der Waals surface area contributed by atoms with E-state index in [9.17, 15) is 0 Å². The van der Waals surface area contributed by atoms with Crippen LogP contribution in [0.3, 0.4) is 0 Å². The van der Waals surface area contributed by atoms with Crippen molar-refractivity contribution >= 4 is 0 Å². The number of hydrogen-bond acceptors (Lipinski definition) is 4. The van der Waals surface area contributed by atoms with Gasteiger partial charge in [0.15, 0.2) is 0 Å². The second-order valence-electron chi connectivity index (χ2n) is 5.46. The molecule has 3 rings (SSSR count). The Balaban J connectivity index is 1.66. The normalized spacial score (nSPS) is 17.6. The lowest BCUT2D eigenvalue weighted by atomic mass is 10.00. The van der Waals surface area contributed by atoms with Crippen molar-refractivity contribution in [2.45, 2.75) is 39.8 Å². The molecule has 1 aromatic heterocycles. The van der Waals surface area contributed by atoms with E-state index in [4.69, 9.17) is 9.26 Å². The van der Waals surface area contributed by atoms with Crippen LogP contribution in [-0.4, -0.2) is 17.8 Å². The van der Waals surface area contributed by atoms with Gasteiger partial charge in [-0.1, -0.05) is 23.4 Å². The van der Waals surface area contributed by atoms with E-state index >= 15 is 0 Å². The molecular formula is C16H20N2O2. The van der Waals surface area contributed by atoms with Crippen LogP contribution in [0.4, 0.5) is 0 Å². The van der Waals surface area contributed by atoms with Gasteiger partial charge in [0.25, 0.3) is 0 Å². The van der Waals surface area contributed by atoms with Gasteiger partial charge in [0, 0.05) is 18.2 Å². The first-order valence-corrected chi connectivity index (χ1v) is 7.01. The van der Waals surface area contributed by atoms with Crippen LogP contribution in [0.15, 0.2) is 22.7 Å². The van der Waals surface area contributed by atoms with E-state index in [1.807, 2.05) is 13.8 Å². The van der Waals surface area contributed by atoms with E-state index in [2.05, 4.69) is 35.6 Å². The third-order valence-corrected chi connectivity index (χ3v) is 3.94. The van der Waals surface area contributed by atoms with E-state index in [0.717, 1.165) is 35.7 Å². The molecule has 20 heavy (non-hydrogen) atoms. The summed E-state index contributed by atoms with van der Waals surface area (Å²) in [5.41, 5.74) is 4.61. The second-order valence-corrected chi connectivity index (χ2v) is 5.46. The third-order valence-electron chi connectivity index (χ3n) is 3.94. The molecule has 106 valence electrons. The number of aromatic nitrogens is 1. The van der Waals surface area contributed by atoms with Crippen molar-refractivity contribution in [3.8, 4) is 5.75 Å². The lowest BCUT2D eigenvalue weighted by Crippen LogP contribution is -2.39. The standard InChI is InChI=1S/C16H20N2O2/c1-10-5-4-6-13-7-14(9-19-16(10)13)17-8-15-11(2)18-20-12(15)3/h4-6,14,17H,7-9H2,1-3H3. The summed E-state index contributed by atoms with van der Waals surface area (Å²) in [5.74, 6) is 1.95. The Morgan fingerprint density at radius 2 is 2.15 bits per heavy atom. The highest BCUT2D eigenvalue weighted by Crippen LogP contribution is 2.28. The number of fused-ring (bicyclic) bond motifs is 1. The minimum atomic E-state index is 0.331. The molecule has 0 radical (unpaired) electrons. The fourth-order valence-electron chi connectivity index (χ4n) is 2.72. The molecule has 1 atom stereocenters. The Hall–Kier alpha value is -1.81. The van der Waals surface area contributed by atoms with Crippen molar-refractivity contribution in [3.63, 3.8) is 0 Å². The maximum Gasteiger partial charge on any atom is 0.138 e. The Morgan fingerprint density at radius 3 is 2.90 bits per heavy atom. The lowest BCUT2D eigenvalue weighted by molar-refractivity contribution is 0.236. The predicted molar refractivity (Wildman–Crippen MR) is 77.0 cm³/mol. The Morgan fingerprint density at radius 1 is 1.30 bits per heavy atom.